The summed E-state index contributed by atoms with van der Waals surface area (Å²) in [6.45, 7) is 0. The first-order chi connectivity index (χ1) is 24.3. The molecule has 1 heterocycles. The van der Waals surface area contributed by atoms with Crippen molar-refractivity contribution in [3.05, 3.63) is 204 Å². The van der Waals surface area contributed by atoms with Gasteiger partial charge in [-0.15, -0.1) is 0 Å². The number of fused-ring (bicyclic) bond motifs is 8. The van der Waals surface area contributed by atoms with Crippen LogP contribution in [0.3, 0.4) is 0 Å². The summed E-state index contributed by atoms with van der Waals surface area (Å²) in [5.74, 6) is 0. The molecule has 1 aliphatic rings. The molecule has 0 spiro atoms. The molecule has 1 aliphatic carbocycles. The highest BCUT2D eigenvalue weighted by Crippen LogP contribution is 2.58. The molecule has 0 atom stereocenters. The Balaban J connectivity index is 1.31. The fraction of sp³-hybridized carbons (Fsp3) is 0.0213. The first-order valence-electron chi connectivity index (χ1n) is 16.8. The Bertz CT molecular complexity index is 2660. The van der Waals surface area contributed by atoms with Crippen LogP contribution in [0.4, 0.5) is 0 Å². The Labute approximate surface area is 285 Å². The van der Waals surface area contributed by atoms with Gasteiger partial charge in [0.2, 0.25) is 0 Å². The summed E-state index contributed by atoms with van der Waals surface area (Å²) < 4.78 is 0. The van der Waals surface area contributed by atoms with Crippen LogP contribution in [0.25, 0.3) is 66.2 Å². The van der Waals surface area contributed by atoms with Crippen molar-refractivity contribution in [2.75, 3.05) is 0 Å². The molecule has 1 aromatic heterocycles. The lowest BCUT2D eigenvalue weighted by Crippen LogP contribution is -2.28. The minimum atomic E-state index is -0.497. The van der Waals surface area contributed by atoms with Crippen LogP contribution < -0.4 is 0 Å². The molecule has 0 radical (unpaired) electrons. The molecular weight excluding hydrogens is 593 g/mol. The van der Waals surface area contributed by atoms with Crippen LogP contribution in [0.2, 0.25) is 0 Å². The van der Waals surface area contributed by atoms with Gasteiger partial charge in [-0.2, -0.15) is 0 Å². The van der Waals surface area contributed by atoms with Crippen molar-refractivity contribution in [3.63, 3.8) is 0 Å². The summed E-state index contributed by atoms with van der Waals surface area (Å²) in [6, 6.07) is 65.6. The molecule has 228 valence electrons. The van der Waals surface area contributed by atoms with Crippen molar-refractivity contribution >= 4 is 32.6 Å². The van der Waals surface area contributed by atoms with Crippen molar-refractivity contribution in [2.45, 2.75) is 5.41 Å². The van der Waals surface area contributed by atoms with Gasteiger partial charge in [-0.25, -0.2) is 9.97 Å². The van der Waals surface area contributed by atoms with E-state index in [0.29, 0.717) is 0 Å². The van der Waals surface area contributed by atoms with E-state index in [1.54, 1.807) is 0 Å². The summed E-state index contributed by atoms with van der Waals surface area (Å²) in [5, 5.41) is 4.70. The Morgan fingerprint density at radius 2 is 0.980 bits per heavy atom. The third kappa shape index (κ3) is 4.07. The number of benzene rings is 8. The normalized spacial score (nSPS) is 13.1. The van der Waals surface area contributed by atoms with E-state index in [0.717, 1.165) is 44.3 Å². The lowest BCUT2D eigenvalue weighted by molar-refractivity contribution is 0.775. The lowest BCUT2D eigenvalue weighted by Gasteiger charge is -2.34. The summed E-state index contributed by atoms with van der Waals surface area (Å²) in [6.07, 6.45) is 0. The number of hydrogen-bond acceptors (Lipinski definition) is 2. The zero-order valence-corrected chi connectivity index (χ0v) is 26.7. The van der Waals surface area contributed by atoms with Crippen molar-refractivity contribution in [1.29, 1.82) is 0 Å². The molecule has 0 fully saturated rings. The van der Waals surface area contributed by atoms with Gasteiger partial charge in [0.25, 0.3) is 0 Å². The van der Waals surface area contributed by atoms with E-state index in [2.05, 4.69) is 182 Å². The second-order valence-corrected chi connectivity index (χ2v) is 12.9. The zero-order chi connectivity index (χ0) is 32.4. The van der Waals surface area contributed by atoms with Gasteiger partial charge in [-0.1, -0.05) is 170 Å². The molecule has 0 unspecified atom stereocenters. The van der Waals surface area contributed by atoms with Crippen molar-refractivity contribution in [2.24, 2.45) is 0 Å². The molecule has 10 rings (SSSR count). The van der Waals surface area contributed by atoms with E-state index in [9.17, 15) is 0 Å². The van der Waals surface area contributed by atoms with E-state index < -0.39 is 5.41 Å². The molecule has 2 heteroatoms. The molecule has 49 heavy (non-hydrogen) atoms. The number of hydrogen-bond donors (Lipinski definition) is 0. The Morgan fingerprint density at radius 3 is 1.76 bits per heavy atom. The first kappa shape index (κ1) is 27.7. The highest BCUT2D eigenvalue weighted by Gasteiger charge is 2.47. The number of rotatable bonds is 4. The maximum absolute atomic E-state index is 5.40. The van der Waals surface area contributed by atoms with Crippen LogP contribution in [0.1, 0.15) is 22.3 Å². The van der Waals surface area contributed by atoms with Gasteiger partial charge in [-0.05, 0) is 61.7 Å². The zero-order valence-electron chi connectivity index (χ0n) is 26.7. The third-order valence-electron chi connectivity index (χ3n) is 10.3. The summed E-state index contributed by atoms with van der Waals surface area (Å²) >= 11 is 0. The molecule has 8 aromatic carbocycles. The van der Waals surface area contributed by atoms with Gasteiger partial charge in [0.05, 0.1) is 27.8 Å². The Hall–Kier alpha value is -6.38. The predicted octanol–water partition coefficient (Wildman–Crippen LogP) is 11.6. The van der Waals surface area contributed by atoms with Crippen LogP contribution >= 0.6 is 0 Å². The minimum absolute atomic E-state index is 0.497. The largest absolute Gasteiger partial charge is 0.244 e. The van der Waals surface area contributed by atoms with E-state index in [4.69, 9.17) is 9.97 Å². The summed E-state index contributed by atoms with van der Waals surface area (Å²) in [4.78, 5) is 10.8. The second-order valence-electron chi connectivity index (χ2n) is 12.9. The predicted molar refractivity (Wildman–Crippen MR) is 203 cm³/mol. The van der Waals surface area contributed by atoms with E-state index in [1.165, 1.54) is 44.2 Å². The Kier molecular flexibility index (Phi) is 6.13. The van der Waals surface area contributed by atoms with Crippen LogP contribution in [0.5, 0.6) is 0 Å². The molecule has 0 amide bonds. The SMILES string of the molecule is c1ccc(-c2nc3c(ccc4ccccc43)nc2-c2ccc3ccc4c(c3c2)C(c2ccccc2)(c2ccccc2)c2ccccc2-4)cc1. The molecule has 0 saturated carbocycles. The highest BCUT2D eigenvalue weighted by molar-refractivity contribution is 6.06. The molecule has 0 bridgehead atoms. The first-order valence-corrected chi connectivity index (χ1v) is 16.8. The molecule has 0 N–H and O–H groups in total. The average molecular weight is 623 g/mol. The van der Waals surface area contributed by atoms with Crippen molar-refractivity contribution in [3.8, 4) is 33.6 Å². The molecule has 0 saturated heterocycles. The minimum Gasteiger partial charge on any atom is -0.244 e. The van der Waals surface area contributed by atoms with Gasteiger partial charge >= 0.3 is 0 Å². The third-order valence-corrected chi connectivity index (χ3v) is 10.3. The highest BCUT2D eigenvalue weighted by atomic mass is 14.8. The average Bonchev–Trinajstić information content (AvgIpc) is 3.50. The van der Waals surface area contributed by atoms with E-state index in [-0.39, 0.29) is 0 Å². The van der Waals surface area contributed by atoms with Crippen molar-refractivity contribution < 1.29 is 0 Å². The van der Waals surface area contributed by atoms with E-state index in [1.807, 2.05) is 0 Å². The maximum atomic E-state index is 5.40. The fourth-order valence-corrected chi connectivity index (χ4v) is 8.21. The lowest BCUT2D eigenvalue weighted by atomic mass is 9.66. The standard InChI is InChI=1S/C47H30N2/c1-4-15-33(16-5-1)44-45(48-42-29-27-31-14-10-11-21-37(31)46(42)49-44)34-25-24-32-26-28-39-38-22-12-13-23-41(38)47(43(39)40(32)30-34,35-17-6-2-7-18-35)36-19-8-3-9-20-36/h1-30H. The van der Waals surface area contributed by atoms with E-state index >= 15 is 0 Å². The van der Waals surface area contributed by atoms with Crippen LogP contribution in [-0.4, -0.2) is 9.97 Å². The topological polar surface area (TPSA) is 25.8 Å². The van der Waals surface area contributed by atoms with Crippen LogP contribution in [-0.2, 0) is 5.41 Å². The summed E-state index contributed by atoms with van der Waals surface area (Å²) in [5.41, 5.74) is 12.9. The number of nitrogens with zero attached hydrogens (tertiary/aromatic N) is 2. The van der Waals surface area contributed by atoms with Gasteiger partial charge in [0.1, 0.15) is 0 Å². The maximum Gasteiger partial charge on any atom is 0.0973 e. The smallest absolute Gasteiger partial charge is 0.0973 e. The monoisotopic (exact) mass is 622 g/mol. The quantitative estimate of drug-likeness (QED) is 0.183. The van der Waals surface area contributed by atoms with Gasteiger partial charge in [0.15, 0.2) is 0 Å². The van der Waals surface area contributed by atoms with Crippen LogP contribution in [0, 0.1) is 0 Å². The molecule has 9 aromatic rings. The Morgan fingerprint density at radius 1 is 0.388 bits per heavy atom. The molecular formula is C47H30N2. The number of aromatic nitrogens is 2. The molecule has 0 aliphatic heterocycles. The van der Waals surface area contributed by atoms with Gasteiger partial charge in [0, 0.05) is 16.5 Å². The second kappa shape index (κ2) is 10.8. The fourth-order valence-electron chi connectivity index (χ4n) is 8.21. The van der Waals surface area contributed by atoms with Crippen molar-refractivity contribution in [1.82, 2.24) is 9.97 Å². The van der Waals surface area contributed by atoms with Gasteiger partial charge in [-0.3, -0.25) is 0 Å². The molecule has 2 nitrogen and oxygen atoms in total. The van der Waals surface area contributed by atoms with Crippen LogP contribution in [0.15, 0.2) is 182 Å². The van der Waals surface area contributed by atoms with Gasteiger partial charge < -0.3 is 0 Å². The summed E-state index contributed by atoms with van der Waals surface area (Å²) in [7, 11) is 0.